The Labute approximate surface area is 176 Å². The van der Waals surface area contributed by atoms with Crippen molar-refractivity contribution in [3.8, 4) is 5.75 Å². The van der Waals surface area contributed by atoms with E-state index < -0.39 is 0 Å². The van der Waals surface area contributed by atoms with Gasteiger partial charge in [-0.25, -0.2) is 0 Å². The van der Waals surface area contributed by atoms with Gasteiger partial charge in [-0.15, -0.1) is 10.2 Å². The SMILES string of the molecule is Cn1c(N2CCC(Oc3ccccc3Cl)CC2)nnc1C1(c2ccccc2)CC1. The van der Waals surface area contributed by atoms with Crippen molar-refractivity contribution >= 4 is 17.5 Å². The second kappa shape index (κ2) is 7.38. The quantitative estimate of drug-likeness (QED) is 0.619. The summed E-state index contributed by atoms with van der Waals surface area (Å²) in [5.41, 5.74) is 1.38. The first-order chi connectivity index (χ1) is 14.2. The molecule has 3 aromatic rings. The molecule has 0 N–H and O–H groups in total. The number of piperidine rings is 1. The highest BCUT2D eigenvalue weighted by atomic mass is 35.5. The number of nitrogens with zero attached hydrogens (tertiary/aromatic N) is 4. The summed E-state index contributed by atoms with van der Waals surface area (Å²) >= 11 is 6.23. The summed E-state index contributed by atoms with van der Waals surface area (Å²) in [5.74, 6) is 2.80. The van der Waals surface area contributed by atoms with Gasteiger partial charge in [-0.2, -0.15) is 0 Å². The summed E-state index contributed by atoms with van der Waals surface area (Å²) in [4.78, 5) is 2.32. The Morgan fingerprint density at radius 2 is 1.66 bits per heavy atom. The Morgan fingerprint density at radius 1 is 0.966 bits per heavy atom. The molecule has 1 aliphatic carbocycles. The summed E-state index contributed by atoms with van der Waals surface area (Å²) in [6.07, 6.45) is 4.33. The number of aromatic nitrogens is 3. The lowest BCUT2D eigenvalue weighted by atomic mass is 9.95. The Kier molecular flexibility index (Phi) is 4.70. The molecule has 1 aliphatic heterocycles. The molecule has 2 aromatic carbocycles. The van der Waals surface area contributed by atoms with E-state index >= 15 is 0 Å². The summed E-state index contributed by atoms with van der Waals surface area (Å²) < 4.78 is 8.32. The summed E-state index contributed by atoms with van der Waals surface area (Å²) in [6.45, 7) is 1.80. The van der Waals surface area contributed by atoms with Gasteiger partial charge in [-0.05, 0) is 30.5 Å². The lowest BCUT2D eigenvalue weighted by molar-refractivity contribution is 0.170. The van der Waals surface area contributed by atoms with Gasteiger partial charge in [0.2, 0.25) is 5.95 Å². The summed E-state index contributed by atoms with van der Waals surface area (Å²) in [6, 6.07) is 18.4. The Morgan fingerprint density at radius 3 is 2.34 bits per heavy atom. The molecular formula is C23H25ClN4O. The molecule has 6 heteroatoms. The van der Waals surface area contributed by atoms with Gasteiger partial charge in [0, 0.05) is 33.0 Å². The first kappa shape index (κ1) is 18.5. The number of halogens is 1. The molecule has 1 saturated carbocycles. The molecular weight excluding hydrogens is 384 g/mol. The highest BCUT2D eigenvalue weighted by molar-refractivity contribution is 6.32. The molecule has 1 aromatic heterocycles. The van der Waals surface area contributed by atoms with Crippen molar-refractivity contribution in [2.45, 2.75) is 37.2 Å². The van der Waals surface area contributed by atoms with Gasteiger partial charge in [0.25, 0.3) is 0 Å². The monoisotopic (exact) mass is 408 g/mol. The van der Waals surface area contributed by atoms with Crippen LogP contribution in [0.2, 0.25) is 5.02 Å². The highest BCUT2D eigenvalue weighted by Gasteiger charge is 2.50. The molecule has 150 valence electrons. The highest BCUT2D eigenvalue weighted by Crippen LogP contribution is 2.53. The van der Waals surface area contributed by atoms with Gasteiger partial charge < -0.3 is 9.64 Å². The molecule has 0 atom stereocenters. The summed E-state index contributed by atoms with van der Waals surface area (Å²) in [5, 5.41) is 9.86. The van der Waals surface area contributed by atoms with Crippen LogP contribution in [0.4, 0.5) is 5.95 Å². The van der Waals surface area contributed by atoms with E-state index in [1.165, 1.54) is 5.56 Å². The lowest BCUT2D eigenvalue weighted by Gasteiger charge is -2.32. The second-order valence-corrected chi connectivity index (χ2v) is 8.47. The van der Waals surface area contributed by atoms with Crippen molar-refractivity contribution in [3.63, 3.8) is 0 Å². The van der Waals surface area contributed by atoms with E-state index in [1.807, 2.05) is 24.3 Å². The molecule has 2 fully saturated rings. The fraction of sp³-hybridized carbons (Fsp3) is 0.391. The van der Waals surface area contributed by atoms with E-state index in [0.29, 0.717) is 5.02 Å². The molecule has 0 bridgehead atoms. The molecule has 5 nitrogen and oxygen atoms in total. The maximum Gasteiger partial charge on any atom is 0.226 e. The van der Waals surface area contributed by atoms with E-state index in [4.69, 9.17) is 16.3 Å². The Balaban J connectivity index is 1.28. The fourth-order valence-corrected chi connectivity index (χ4v) is 4.61. The Bertz CT molecular complexity index is 991. The zero-order chi connectivity index (χ0) is 19.8. The van der Waals surface area contributed by atoms with Crippen LogP contribution < -0.4 is 9.64 Å². The maximum absolute atomic E-state index is 6.23. The minimum Gasteiger partial charge on any atom is -0.489 e. The number of hydrogen-bond donors (Lipinski definition) is 0. The molecule has 0 spiro atoms. The van der Waals surface area contributed by atoms with Crippen LogP contribution in [-0.2, 0) is 12.5 Å². The zero-order valence-electron chi connectivity index (χ0n) is 16.6. The predicted molar refractivity (Wildman–Crippen MR) is 115 cm³/mol. The smallest absolute Gasteiger partial charge is 0.226 e. The van der Waals surface area contributed by atoms with Crippen LogP contribution >= 0.6 is 11.6 Å². The molecule has 2 heterocycles. The van der Waals surface area contributed by atoms with E-state index in [1.54, 1.807) is 0 Å². The minimum atomic E-state index is 0.0345. The number of anilines is 1. The van der Waals surface area contributed by atoms with Crippen molar-refractivity contribution in [1.29, 1.82) is 0 Å². The number of hydrogen-bond acceptors (Lipinski definition) is 4. The topological polar surface area (TPSA) is 43.2 Å². The molecule has 1 saturated heterocycles. The molecule has 0 amide bonds. The predicted octanol–water partition coefficient (Wildman–Crippen LogP) is 4.60. The first-order valence-electron chi connectivity index (χ1n) is 10.3. The standard InChI is InChI=1S/C23H25ClN4O/c1-27-21(23(13-14-23)17-7-3-2-4-8-17)25-26-22(27)28-15-11-18(12-16-28)29-20-10-6-5-9-19(20)24/h2-10,18H,11-16H2,1H3. The number of para-hydroxylation sites is 1. The average molecular weight is 409 g/mol. The fourth-order valence-electron chi connectivity index (χ4n) is 4.43. The van der Waals surface area contributed by atoms with Crippen LogP contribution in [0, 0.1) is 0 Å². The van der Waals surface area contributed by atoms with Crippen molar-refractivity contribution in [1.82, 2.24) is 14.8 Å². The number of rotatable bonds is 5. The number of benzene rings is 2. The van der Waals surface area contributed by atoms with Gasteiger partial charge in [0.05, 0.1) is 10.4 Å². The Hall–Kier alpha value is -2.53. The van der Waals surface area contributed by atoms with Gasteiger partial charge >= 0.3 is 0 Å². The van der Waals surface area contributed by atoms with Gasteiger partial charge in [0.15, 0.2) is 0 Å². The third-order valence-electron chi connectivity index (χ3n) is 6.21. The van der Waals surface area contributed by atoms with Crippen LogP contribution in [0.25, 0.3) is 0 Å². The number of ether oxygens (including phenoxy) is 1. The average Bonchev–Trinajstić information content (AvgIpc) is 3.47. The van der Waals surface area contributed by atoms with Crippen LogP contribution in [0.15, 0.2) is 54.6 Å². The first-order valence-corrected chi connectivity index (χ1v) is 10.7. The summed E-state index contributed by atoms with van der Waals surface area (Å²) in [7, 11) is 2.10. The van der Waals surface area contributed by atoms with Crippen molar-refractivity contribution < 1.29 is 4.74 Å². The van der Waals surface area contributed by atoms with Gasteiger partial charge in [-0.3, -0.25) is 4.57 Å². The minimum absolute atomic E-state index is 0.0345. The van der Waals surface area contributed by atoms with Crippen LogP contribution in [0.1, 0.15) is 37.1 Å². The maximum atomic E-state index is 6.23. The van der Waals surface area contributed by atoms with Gasteiger partial charge in [0.1, 0.15) is 17.7 Å². The second-order valence-electron chi connectivity index (χ2n) is 8.07. The third kappa shape index (κ3) is 3.38. The van der Waals surface area contributed by atoms with Crippen molar-refractivity contribution in [2.75, 3.05) is 18.0 Å². The van der Waals surface area contributed by atoms with E-state index in [2.05, 4.69) is 57.0 Å². The van der Waals surface area contributed by atoms with Crippen LogP contribution in [0.3, 0.4) is 0 Å². The molecule has 29 heavy (non-hydrogen) atoms. The molecule has 0 unspecified atom stereocenters. The van der Waals surface area contributed by atoms with Crippen molar-refractivity contribution in [3.05, 3.63) is 71.0 Å². The van der Waals surface area contributed by atoms with E-state index in [-0.39, 0.29) is 11.5 Å². The third-order valence-corrected chi connectivity index (χ3v) is 6.52. The normalized spacial score (nSPS) is 18.6. The van der Waals surface area contributed by atoms with Crippen LogP contribution in [-0.4, -0.2) is 34.0 Å². The van der Waals surface area contributed by atoms with E-state index in [0.717, 1.165) is 56.3 Å². The van der Waals surface area contributed by atoms with Crippen molar-refractivity contribution in [2.24, 2.45) is 7.05 Å². The van der Waals surface area contributed by atoms with E-state index in [9.17, 15) is 0 Å². The lowest BCUT2D eigenvalue weighted by Crippen LogP contribution is -2.39. The molecule has 0 radical (unpaired) electrons. The van der Waals surface area contributed by atoms with Gasteiger partial charge in [-0.1, -0.05) is 54.1 Å². The largest absolute Gasteiger partial charge is 0.489 e. The molecule has 5 rings (SSSR count). The molecule has 2 aliphatic rings. The zero-order valence-corrected chi connectivity index (χ0v) is 17.3. The van der Waals surface area contributed by atoms with Crippen LogP contribution in [0.5, 0.6) is 5.75 Å².